The molecule has 1 atom stereocenters. The number of amides is 2. The normalized spacial score (nSPS) is 17.1. The summed E-state index contributed by atoms with van der Waals surface area (Å²) < 4.78 is 10.6. The van der Waals surface area contributed by atoms with Crippen molar-refractivity contribution in [2.24, 2.45) is 0 Å². The lowest BCUT2D eigenvalue weighted by Crippen LogP contribution is -2.43. The van der Waals surface area contributed by atoms with E-state index in [-0.39, 0.29) is 18.7 Å². The van der Waals surface area contributed by atoms with Gasteiger partial charge in [-0.2, -0.15) is 0 Å². The average Bonchev–Trinajstić information content (AvgIpc) is 2.74. The largest absolute Gasteiger partial charge is 0.497 e. The van der Waals surface area contributed by atoms with Crippen LogP contribution < -0.4 is 15.4 Å². The smallest absolute Gasteiger partial charge is 0.319 e. The Morgan fingerprint density at radius 2 is 1.89 bits per heavy atom. The first-order valence-corrected chi connectivity index (χ1v) is 9.38. The van der Waals surface area contributed by atoms with Crippen molar-refractivity contribution in [3.05, 3.63) is 59.7 Å². The number of carbonyl (C=O) groups excluding carboxylic acids is 1. The molecule has 0 aliphatic carbocycles. The Balaban J connectivity index is 1.44. The van der Waals surface area contributed by atoms with E-state index in [2.05, 4.69) is 15.5 Å². The van der Waals surface area contributed by atoms with Crippen molar-refractivity contribution >= 4 is 11.7 Å². The summed E-state index contributed by atoms with van der Waals surface area (Å²) in [6.07, 6.45) is -0.107. The van der Waals surface area contributed by atoms with E-state index >= 15 is 0 Å². The van der Waals surface area contributed by atoms with Crippen LogP contribution in [0.2, 0.25) is 0 Å². The van der Waals surface area contributed by atoms with Gasteiger partial charge in [0.05, 0.1) is 26.4 Å². The van der Waals surface area contributed by atoms with Gasteiger partial charge >= 0.3 is 6.03 Å². The molecule has 1 unspecified atom stereocenters. The molecule has 28 heavy (non-hydrogen) atoms. The Labute approximate surface area is 165 Å². The van der Waals surface area contributed by atoms with Gasteiger partial charge in [-0.25, -0.2) is 4.79 Å². The van der Waals surface area contributed by atoms with E-state index in [1.165, 1.54) is 0 Å². The standard InChI is InChI=1S/C21H27N3O4/c1-27-19-8-4-16(5-9-19)12-22-21(26)23-18-6-2-17(3-7-18)13-24-10-11-28-20(14-24)15-25/h2-9,20,25H,10-15H2,1H3,(H2,22,23,26). The van der Waals surface area contributed by atoms with Crippen LogP contribution in [0.15, 0.2) is 48.5 Å². The highest BCUT2D eigenvalue weighted by Crippen LogP contribution is 2.14. The van der Waals surface area contributed by atoms with Crippen molar-refractivity contribution in [1.82, 2.24) is 10.2 Å². The fraction of sp³-hybridized carbons (Fsp3) is 0.381. The molecule has 1 heterocycles. The molecule has 7 nitrogen and oxygen atoms in total. The summed E-state index contributed by atoms with van der Waals surface area (Å²) in [7, 11) is 1.62. The number of hydrogen-bond acceptors (Lipinski definition) is 5. The summed E-state index contributed by atoms with van der Waals surface area (Å²) >= 11 is 0. The maximum Gasteiger partial charge on any atom is 0.319 e. The molecule has 0 radical (unpaired) electrons. The minimum atomic E-state index is -0.248. The molecule has 0 spiro atoms. The summed E-state index contributed by atoms with van der Waals surface area (Å²) in [6.45, 7) is 3.50. The number of anilines is 1. The number of hydrogen-bond donors (Lipinski definition) is 3. The maximum atomic E-state index is 12.1. The van der Waals surface area contributed by atoms with Gasteiger partial charge in [0.25, 0.3) is 0 Å². The lowest BCUT2D eigenvalue weighted by atomic mass is 10.1. The first-order chi connectivity index (χ1) is 13.7. The van der Waals surface area contributed by atoms with E-state index in [1.54, 1.807) is 7.11 Å². The van der Waals surface area contributed by atoms with Gasteiger partial charge < -0.3 is 25.2 Å². The molecule has 1 saturated heterocycles. The minimum absolute atomic E-state index is 0.0466. The molecule has 3 N–H and O–H groups in total. The molecule has 7 heteroatoms. The second-order valence-electron chi connectivity index (χ2n) is 6.76. The van der Waals surface area contributed by atoms with Crippen molar-refractivity contribution in [2.75, 3.05) is 38.7 Å². The monoisotopic (exact) mass is 385 g/mol. The zero-order valence-electron chi connectivity index (χ0n) is 16.1. The third kappa shape index (κ3) is 5.95. The van der Waals surface area contributed by atoms with Gasteiger partial charge in [0.1, 0.15) is 5.75 Å². The summed E-state index contributed by atoms with van der Waals surface area (Å²) in [6, 6.07) is 15.1. The molecule has 2 aromatic carbocycles. The number of carbonyl (C=O) groups is 1. The van der Waals surface area contributed by atoms with Gasteiger partial charge in [0, 0.05) is 31.9 Å². The second-order valence-corrected chi connectivity index (χ2v) is 6.76. The van der Waals surface area contributed by atoms with Crippen LogP contribution in [-0.4, -0.2) is 55.6 Å². The first-order valence-electron chi connectivity index (χ1n) is 9.38. The molecule has 0 saturated carbocycles. The van der Waals surface area contributed by atoms with E-state index in [9.17, 15) is 9.90 Å². The lowest BCUT2D eigenvalue weighted by Gasteiger charge is -2.32. The van der Waals surface area contributed by atoms with Crippen LogP contribution in [0.5, 0.6) is 5.75 Å². The third-order valence-electron chi connectivity index (χ3n) is 4.66. The number of ether oxygens (including phenoxy) is 2. The first kappa shape index (κ1) is 20.1. The zero-order chi connectivity index (χ0) is 19.8. The molecule has 0 bridgehead atoms. The van der Waals surface area contributed by atoms with Crippen molar-refractivity contribution in [3.63, 3.8) is 0 Å². The number of nitrogens with zero attached hydrogens (tertiary/aromatic N) is 1. The predicted octanol–water partition coefficient (Wildman–Crippen LogP) is 2.21. The summed E-state index contributed by atoms with van der Waals surface area (Å²) in [4.78, 5) is 14.3. The number of rotatable bonds is 7. The van der Waals surface area contributed by atoms with E-state index in [0.717, 1.165) is 42.2 Å². The summed E-state index contributed by atoms with van der Waals surface area (Å²) in [5.74, 6) is 0.789. The Kier molecular flexibility index (Phi) is 7.25. The number of benzene rings is 2. The van der Waals surface area contributed by atoms with Gasteiger partial charge in [-0.05, 0) is 35.4 Å². The second kappa shape index (κ2) is 10.1. The van der Waals surface area contributed by atoms with Gasteiger partial charge in [-0.3, -0.25) is 4.90 Å². The van der Waals surface area contributed by atoms with Crippen molar-refractivity contribution in [2.45, 2.75) is 19.2 Å². The minimum Gasteiger partial charge on any atom is -0.497 e. The van der Waals surface area contributed by atoms with Crippen molar-refractivity contribution in [3.8, 4) is 5.75 Å². The Hall–Kier alpha value is -2.61. The lowest BCUT2D eigenvalue weighted by molar-refractivity contribution is -0.0551. The molecule has 1 aliphatic heterocycles. The van der Waals surface area contributed by atoms with Crippen LogP contribution in [-0.2, 0) is 17.8 Å². The van der Waals surface area contributed by atoms with Crippen LogP contribution in [0.4, 0.5) is 10.5 Å². The van der Waals surface area contributed by atoms with Crippen LogP contribution in [0.1, 0.15) is 11.1 Å². The van der Waals surface area contributed by atoms with Crippen molar-refractivity contribution in [1.29, 1.82) is 0 Å². The van der Waals surface area contributed by atoms with Gasteiger partial charge in [-0.1, -0.05) is 24.3 Å². The fourth-order valence-electron chi connectivity index (χ4n) is 3.09. The predicted molar refractivity (Wildman–Crippen MR) is 107 cm³/mol. The highest BCUT2D eigenvalue weighted by Gasteiger charge is 2.19. The van der Waals surface area contributed by atoms with E-state index in [4.69, 9.17) is 9.47 Å². The topological polar surface area (TPSA) is 83.1 Å². The highest BCUT2D eigenvalue weighted by molar-refractivity contribution is 5.89. The zero-order valence-corrected chi connectivity index (χ0v) is 16.1. The van der Waals surface area contributed by atoms with Crippen molar-refractivity contribution < 1.29 is 19.4 Å². The highest BCUT2D eigenvalue weighted by atomic mass is 16.5. The van der Waals surface area contributed by atoms with Gasteiger partial charge in [0.15, 0.2) is 0 Å². The van der Waals surface area contributed by atoms with Crippen LogP contribution >= 0.6 is 0 Å². The van der Waals surface area contributed by atoms with Gasteiger partial charge in [-0.15, -0.1) is 0 Å². The summed E-state index contributed by atoms with van der Waals surface area (Å²) in [5.41, 5.74) is 2.90. The number of morpholine rings is 1. The number of urea groups is 1. The fourth-order valence-corrected chi connectivity index (χ4v) is 3.09. The molecule has 1 aliphatic rings. The number of aliphatic hydroxyl groups is 1. The van der Waals surface area contributed by atoms with E-state index in [1.807, 2.05) is 48.5 Å². The molecule has 3 rings (SSSR count). The molecule has 2 amide bonds. The average molecular weight is 385 g/mol. The van der Waals surface area contributed by atoms with E-state index < -0.39 is 0 Å². The maximum absolute atomic E-state index is 12.1. The Bertz CT molecular complexity index is 749. The summed E-state index contributed by atoms with van der Waals surface area (Å²) in [5, 5.41) is 14.9. The molecular formula is C21H27N3O4. The molecule has 2 aromatic rings. The van der Waals surface area contributed by atoms with Gasteiger partial charge in [0.2, 0.25) is 0 Å². The van der Waals surface area contributed by atoms with E-state index in [0.29, 0.717) is 13.2 Å². The number of nitrogens with one attached hydrogen (secondary N) is 2. The number of methoxy groups -OCH3 is 1. The van der Waals surface area contributed by atoms with Crippen LogP contribution in [0, 0.1) is 0 Å². The Morgan fingerprint density at radius 1 is 1.18 bits per heavy atom. The molecule has 0 aromatic heterocycles. The molecule has 150 valence electrons. The van der Waals surface area contributed by atoms with Crippen LogP contribution in [0.25, 0.3) is 0 Å². The third-order valence-corrected chi connectivity index (χ3v) is 4.66. The SMILES string of the molecule is COc1ccc(CNC(=O)Nc2ccc(CN3CCOC(CO)C3)cc2)cc1. The number of aliphatic hydroxyl groups excluding tert-OH is 1. The quantitative estimate of drug-likeness (QED) is 0.681. The molecular weight excluding hydrogens is 358 g/mol. The van der Waals surface area contributed by atoms with Crippen LogP contribution in [0.3, 0.4) is 0 Å². The molecule has 1 fully saturated rings. The Morgan fingerprint density at radius 3 is 2.57 bits per heavy atom.